The molecule has 0 aliphatic heterocycles. The first-order valence-electron chi connectivity index (χ1n) is 5.78. The average Bonchev–Trinajstić information content (AvgIpc) is 2.76. The van der Waals surface area contributed by atoms with E-state index < -0.39 is 0 Å². The molecule has 0 N–H and O–H groups in total. The number of aromatic nitrogens is 1. The van der Waals surface area contributed by atoms with Gasteiger partial charge in [0.2, 0.25) is 0 Å². The molecule has 17 heavy (non-hydrogen) atoms. The van der Waals surface area contributed by atoms with Gasteiger partial charge in [0.1, 0.15) is 0 Å². The van der Waals surface area contributed by atoms with Crippen molar-refractivity contribution >= 4 is 10.9 Å². The Hall–Kier alpha value is -2.02. The van der Waals surface area contributed by atoms with Gasteiger partial charge in [0.25, 0.3) is 0 Å². The summed E-state index contributed by atoms with van der Waals surface area (Å²) in [7, 11) is 0. The molecule has 0 unspecified atom stereocenters. The molecule has 83 valence electrons. The summed E-state index contributed by atoms with van der Waals surface area (Å²) >= 11 is 0. The van der Waals surface area contributed by atoms with Crippen LogP contribution in [0.15, 0.2) is 60.8 Å². The fourth-order valence-electron chi connectivity index (χ4n) is 2.17. The Morgan fingerprint density at radius 1 is 0.882 bits per heavy atom. The maximum absolute atomic E-state index is 4.07. The number of rotatable bonds is 2. The van der Waals surface area contributed by atoms with Crippen LogP contribution < -0.4 is 0 Å². The van der Waals surface area contributed by atoms with E-state index in [9.17, 15) is 0 Å². The molecule has 0 aliphatic carbocycles. The van der Waals surface area contributed by atoms with Crippen molar-refractivity contribution in [2.75, 3.05) is 0 Å². The average molecular weight is 220 g/mol. The first-order valence-corrected chi connectivity index (χ1v) is 5.78. The molecular formula is C16H14N. The molecule has 1 nitrogen and oxygen atoms in total. The maximum Gasteiger partial charge on any atom is 0.0483 e. The number of fused-ring (bicyclic) bond motifs is 1. The molecule has 0 amide bonds. The number of hydrogen-bond donors (Lipinski definition) is 0. The van der Waals surface area contributed by atoms with Crippen molar-refractivity contribution in [3.63, 3.8) is 0 Å². The highest BCUT2D eigenvalue weighted by atomic mass is 14.9. The van der Waals surface area contributed by atoms with Gasteiger partial charge in [0.05, 0.1) is 0 Å². The zero-order valence-electron chi connectivity index (χ0n) is 9.63. The molecule has 0 atom stereocenters. The van der Waals surface area contributed by atoms with Crippen LogP contribution in [0.3, 0.4) is 0 Å². The van der Waals surface area contributed by atoms with Gasteiger partial charge in [-0.25, -0.2) is 0 Å². The SMILES string of the molecule is [CH2]c1ccccc1Cn1ccc2ccccc21. The van der Waals surface area contributed by atoms with Crippen molar-refractivity contribution in [3.8, 4) is 0 Å². The van der Waals surface area contributed by atoms with Crippen LogP contribution in [0.5, 0.6) is 0 Å². The zero-order valence-corrected chi connectivity index (χ0v) is 9.63. The summed E-state index contributed by atoms with van der Waals surface area (Å²) in [6.07, 6.45) is 2.14. The van der Waals surface area contributed by atoms with Crippen LogP contribution in [-0.2, 0) is 6.54 Å². The van der Waals surface area contributed by atoms with Gasteiger partial charge in [-0.05, 0) is 35.6 Å². The molecule has 0 bridgehead atoms. The molecule has 0 saturated heterocycles. The molecule has 3 aromatic rings. The minimum atomic E-state index is 0.882. The Morgan fingerprint density at radius 2 is 1.65 bits per heavy atom. The predicted octanol–water partition coefficient (Wildman–Crippen LogP) is 3.87. The second kappa shape index (κ2) is 4.10. The van der Waals surface area contributed by atoms with Crippen molar-refractivity contribution in [1.29, 1.82) is 0 Å². The minimum Gasteiger partial charge on any atom is -0.343 e. The minimum absolute atomic E-state index is 0.882. The fourth-order valence-corrected chi connectivity index (χ4v) is 2.17. The van der Waals surface area contributed by atoms with E-state index in [0.29, 0.717) is 0 Å². The second-order valence-electron chi connectivity index (χ2n) is 4.27. The summed E-state index contributed by atoms with van der Waals surface area (Å²) in [6, 6.07) is 18.9. The van der Waals surface area contributed by atoms with Gasteiger partial charge in [-0.2, -0.15) is 0 Å². The molecule has 1 heterocycles. The molecule has 0 aliphatic rings. The van der Waals surface area contributed by atoms with Gasteiger partial charge in [-0.15, -0.1) is 0 Å². The second-order valence-corrected chi connectivity index (χ2v) is 4.27. The first-order chi connectivity index (χ1) is 8.34. The van der Waals surface area contributed by atoms with E-state index in [-0.39, 0.29) is 0 Å². The normalized spacial score (nSPS) is 10.9. The van der Waals surface area contributed by atoms with Gasteiger partial charge in [-0.1, -0.05) is 42.5 Å². The van der Waals surface area contributed by atoms with Gasteiger partial charge in [0, 0.05) is 18.3 Å². The van der Waals surface area contributed by atoms with Gasteiger partial charge < -0.3 is 4.57 Å². The molecule has 1 aromatic heterocycles. The lowest BCUT2D eigenvalue weighted by Crippen LogP contribution is -1.99. The smallest absolute Gasteiger partial charge is 0.0483 e. The largest absolute Gasteiger partial charge is 0.343 e. The van der Waals surface area contributed by atoms with E-state index in [1.165, 1.54) is 16.5 Å². The third-order valence-electron chi connectivity index (χ3n) is 3.14. The van der Waals surface area contributed by atoms with E-state index in [1.807, 2.05) is 6.07 Å². The van der Waals surface area contributed by atoms with Gasteiger partial charge >= 0.3 is 0 Å². The fraction of sp³-hybridized carbons (Fsp3) is 0.0625. The highest BCUT2D eigenvalue weighted by molar-refractivity contribution is 5.80. The Bertz CT molecular complexity index is 649. The van der Waals surface area contributed by atoms with E-state index in [4.69, 9.17) is 0 Å². The van der Waals surface area contributed by atoms with E-state index >= 15 is 0 Å². The lowest BCUT2D eigenvalue weighted by Gasteiger charge is -2.08. The van der Waals surface area contributed by atoms with Crippen molar-refractivity contribution in [3.05, 3.63) is 78.8 Å². The van der Waals surface area contributed by atoms with E-state index in [0.717, 1.165) is 12.1 Å². The molecule has 2 aromatic carbocycles. The molecule has 0 fully saturated rings. The van der Waals surface area contributed by atoms with Crippen LogP contribution in [0.1, 0.15) is 11.1 Å². The van der Waals surface area contributed by atoms with Crippen LogP contribution in [0, 0.1) is 6.92 Å². The Balaban J connectivity index is 2.03. The third-order valence-corrected chi connectivity index (χ3v) is 3.14. The molecule has 0 spiro atoms. The lowest BCUT2D eigenvalue weighted by atomic mass is 10.1. The number of hydrogen-bond acceptors (Lipinski definition) is 0. The number of benzene rings is 2. The van der Waals surface area contributed by atoms with Crippen LogP contribution >= 0.6 is 0 Å². The summed E-state index contributed by atoms with van der Waals surface area (Å²) in [5, 5.41) is 1.29. The molecular weight excluding hydrogens is 206 g/mol. The molecule has 1 heteroatoms. The van der Waals surface area contributed by atoms with Crippen LogP contribution in [0.4, 0.5) is 0 Å². The lowest BCUT2D eigenvalue weighted by molar-refractivity contribution is 0.834. The van der Waals surface area contributed by atoms with Gasteiger partial charge in [-0.3, -0.25) is 0 Å². The summed E-state index contributed by atoms with van der Waals surface area (Å²) < 4.78 is 2.26. The third kappa shape index (κ3) is 1.84. The first kappa shape index (κ1) is 10.2. The highest BCUT2D eigenvalue weighted by Gasteiger charge is 2.02. The summed E-state index contributed by atoms with van der Waals surface area (Å²) in [6.45, 7) is 4.95. The molecule has 1 radical (unpaired) electrons. The van der Waals surface area contributed by atoms with Gasteiger partial charge in [0.15, 0.2) is 0 Å². The number of nitrogens with zero attached hydrogens (tertiary/aromatic N) is 1. The van der Waals surface area contributed by atoms with Crippen molar-refractivity contribution in [2.24, 2.45) is 0 Å². The van der Waals surface area contributed by atoms with Crippen LogP contribution in [-0.4, -0.2) is 4.57 Å². The van der Waals surface area contributed by atoms with Crippen molar-refractivity contribution in [1.82, 2.24) is 4.57 Å². The van der Waals surface area contributed by atoms with Crippen molar-refractivity contribution in [2.45, 2.75) is 6.54 Å². The predicted molar refractivity (Wildman–Crippen MR) is 71.9 cm³/mol. The zero-order chi connectivity index (χ0) is 11.7. The van der Waals surface area contributed by atoms with E-state index in [1.54, 1.807) is 0 Å². The van der Waals surface area contributed by atoms with Crippen LogP contribution in [0.25, 0.3) is 10.9 Å². The number of para-hydroxylation sites is 1. The summed E-state index contributed by atoms with van der Waals surface area (Å²) in [5.74, 6) is 0. The Morgan fingerprint density at radius 3 is 2.53 bits per heavy atom. The van der Waals surface area contributed by atoms with E-state index in [2.05, 4.69) is 66.2 Å². The highest BCUT2D eigenvalue weighted by Crippen LogP contribution is 2.17. The van der Waals surface area contributed by atoms with Crippen LogP contribution in [0.2, 0.25) is 0 Å². The monoisotopic (exact) mass is 220 g/mol. The quantitative estimate of drug-likeness (QED) is 0.617. The Labute approximate surface area is 101 Å². The van der Waals surface area contributed by atoms with Crippen molar-refractivity contribution < 1.29 is 0 Å². The maximum atomic E-state index is 4.07. The molecule has 3 rings (SSSR count). The Kier molecular flexibility index (Phi) is 2.45. The topological polar surface area (TPSA) is 4.93 Å². The summed E-state index contributed by atoms with van der Waals surface area (Å²) in [4.78, 5) is 0. The summed E-state index contributed by atoms with van der Waals surface area (Å²) in [5.41, 5.74) is 3.65. The molecule has 0 saturated carbocycles. The standard InChI is InChI=1S/C16H14N/c1-13-6-2-3-8-15(13)12-17-11-10-14-7-4-5-9-16(14)17/h2-11H,1,12H2.